The van der Waals surface area contributed by atoms with E-state index in [0.717, 1.165) is 0 Å². The standard InChI is InChI=1S/C12H10Br2N2O2S/c13-10-5-8(16)6-11(14)12(10)19(17,18)9-3-1-7(15)2-4-9/h1-6H,15-16H2. The molecule has 4 N–H and O–H groups in total. The van der Waals surface area contributed by atoms with Gasteiger partial charge >= 0.3 is 0 Å². The van der Waals surface area contributed by atoms with Crippen LogP contribution in [0.1, 0.15) is 0 Å². The first-order valence-electron chi connectivity index (χ1n) is 5.17. The highest BCUT2D eigenvalue weighted by Gasteiger charge is 2.23. The van der Waals surface area contributed by atoms with Crippen molar-refractivity contribution in [3.63, 3.8) is 0 Å². The minimum atomic E-state index is -3.64. The van der Waals surface area contributed by atoms with Crippen LogP contribution < -0.4 is 11.5 Å². The van der Waals surface area contributed by atoms with E-state index in [9.17, 15) is 8.42 Å². The van der Waals surface area contributed by atoms with Gasteiger partial charge in [-0.05, 0) is 68.3 Å². The first kappa shape index (κ1) is 14.4. The zero-order valence-electron chi connectivity index (χ0n) is 9.60. The summed E-state index contributed by atoms with van der Waals surface area (Å²) >= 11 is 6.46. The smallest absolute Gasteiger partial charge is 0.208 e. The fraction of sp³-hybridized carbons (Fsp3) is 0. The Bertz CT molecular complexity index is 705. The summed E-state index contributed by atoms with van der Waals surface area (Å²) in [6.07, 6.45) is 0. The Labute approximate surface area is 128 Å². The molecule has 2 aromatic rings. The second-order valence-electron chi connectivity index (χ2n) is 3.89. The van der Waals surface area contributed by atoms with Crippen molar-refractivity contribution >= 4 is 53.1 Å². The van der Waals surface area contributed by atoms with Gasteiger partial charge in [-0.15, -0.1) is 0 Å². The van der Waals surface area contributed by atoms with Crippen LogP contribution in [0.4, 0.5) is 11.4 Å². The summed E-state index contributed by atoms with van der Waals surface area (Å²) in [6.45, 7) is 0. The Hall–Kier alpha value is -1.05. The van der Waals surface area contributed by atoms with Gasteiger partial charge in [-0.25, -0.2) is 8.42 Å². The maximum Gasteiger partial charge on any atom is 0.208 e. The predicted molar refractivity (Wildman–Crippen MR) is 82.6 cm³/mol. The number of hydrogen-bond donors (Lipinski definition) is 2. The van der Waals surface area contributed by atoms with E-state index in [4.69, 9.17) is 11.5 Å². The lowest BCUT2D eigenvalue weighted by Crippen LogP contribution is -2.05. The molecule has 0 saturated carbocycles. The van der Waals surface area contributed by atoms with Crippen molar-refractivity contribution in [3.8, 4) is 0 Å². The summed E-state index contributed by atoms with van der Waals surface area (Å²) in [4.78, 5) is 0.319. The molecule has 0 radical (unpaired) electrons. The van der Waals surface area contributed by atoms with E-state index in [1.54, 1.807) is 24.3 Å². The summed E-state index contributed by atoms with van der Waals surface area (Å²) in [5, 5.41) is 0. The second-order valence-corrected chi connectivity index (χ2v) is 7.48. The van der Waals surface area contributed by atoms with Crippen LogP contribution in [0.2, 0.25) is 0 Å². The van der Waals surface area contributed by atoms with Gasteiger partial charge in [-0.2, -0.15) is 0 Å². The maximum absolute atomic E-state index is 12.6. The Morgan fingerprint density at radius 3 is 1.79 bits per heavy atom. The van der Waals surface area contributed by atoms with Gasteiger partial charge in [0.1, 0.15) is 4.90 Å². The number of sulfone groups is 1. The van der Waals surface area contributed by atoms with Crippen LogP contribution in [-0.2, 0) is 9.84 Å². The van der Waals surface area contributed by atoms with Crippen LogP contribution in [0.5, 0.6) is 0 Å². The normalized spacial score (nSPS) is 11.5. The summed E-state index contributed by atoms with van der Waals surface area (Å²) in [5.41, 5.74) is 12.2. The zero-order valence-corrected chi connectivity index (χ0v) is 13.6. The molecule has 0 bridgehead atoms. The molecule has 0 spiro atoms. The second kappa shape index (κ2) is 5.15. The van der Waals surface area contributed by atoms with Crippen LogP contribution in [0.25, 0.3) is 0 Å². The fourth-order valence-corrected chi connectivity index (χ4v) is 5.46. The zero-order chi connectivity index (χ0) is 14.2. The van der Waals surface area contributed by atoms with Gasteiger partial charge in [0.05, 0.1) is 4.90 Å². The van der Waals surface area contributed by atoms with Gasteiger partial charge in [-0.3, -0.25) is 0 Å². The number of anilines is 2. The van der Waals surface area contributed by atoms with Crippen molar-refractivity contribution in [1.29, 1.82) is 0 Å². The predicted octanol–water partition coefficient (Wildman–Crippen LogP) is 3.21. The average molecular weight is 406 g/mol. The topological polar surface area (TPSA) is 86.2 Å². The lowest BCUT2D eigenvalue weighted by molar-refractivity contribution is 0.595. The number of hydrogen-bond acceptors (Lipinski definition) is 4. The highest BCUT2D eigenvalue weighted by Crippen LogP contribution is 2.36. The lowest BCUT2D eigenvalue weighted by Gasteiger charge is -2.10. The molecule has 0 atom stereocenters. The highest BCUT2D eigenvalue weighted by molar-refractivity contribution is 9.11. The van der Waals surface area contributed by atoms with Crippen LogP contribution >= 0.6 is 31.9 Å². The number of rotatable bonds is 2. The molecule has 19 heavy (non-hydrogen) atoms. The van der Waals surface area contributed by atoms with Crippen LogP contribution in [0.15, 0.2) is 55.1 Å². The minimum absolute atomic E-state index is 0.145. The largest absolute Gasteiger partial charge is 0.399 e. The summed E-state index contributed by atoms with van der Waals surface area (Å²) < 4.78 is 25.9. The molecule has 0 fully saturated rings. The van der Waals surface area contributed by atoms with E-state index in [1.165, 1.54) is 12.1 Å². The van der Waals surface area contributed by atoms with Crippen molar-refractivity contribution < 1.29 is 8.42 Å². The third-order valence-electron chi connectivity index (χ3n) is 2.48. The van der Waals surface area contributed by atoms with Gasteiger partial charge < -0.3 is 11.5 Å². The summed E-state index contributed by atoms with van der Waals surface area (Å²) in [6, 6.07) is 9.14. The van der Waals surface area contributed by atoms with Crippen LogP contribution in [-0.4, -0.2) is 8.42 Å². The number of halogens is 2. The highest BCUT2D eigenvalue weighted by atomic mass is 79.9. The Kier molecular flexibility index (Phi) is 3.89. The third kappa shape index (κ3) is 2.77. The minimum Gasteiger partial charge on any atom is -0.399 e. The molecule has 0 unspecified atom stereocenters. The quantitative estimate of drug-likeness (QED) is 0.751. The SMILES string of the molecule is Nc1ccc(S(=O)(=O)c2c(Br)cc(N)cc2Br)cc1. The molecule has 0 saturated heterocycles. The van der Waals surface area contributed by atoms with Crippen LogP contribution in [0.3, 0.4) is 0 Å². The van der Waals surface area contributed by atoms with E-state index < -0.39 is 9.84 Å². The van der Waals surface area contributed by atoms with Gasteiger partial charge in [0.15, 0.2) is 0 Å². The fourth-order valence-electron chi connectivity index (χ4n) is 1.60. The molecular formula is C12H10Br2N2O2S. The monoisotopic (exact) mass is 404 g/mol. The molecule has 0 amide bonds. The average Bonchev–Trinajstić information content (AvgIpc) is 2.27. The summed E-state index contributed by atoms with van der Waals surface area (Å²) in [7, 11) is -3.64. The molecule has 0 heterocycles. The molecule has 2 rings (SSSR count). The third-order valence-corrected chi connectivity index (χ3v) is 6.13. The van der Waals surface area contributed by atoms with Crippen molar-refractivity contribution in [2.24, 2.45) is 0 Å². The Morgan fingerprint density at radius 1 is 0.842 bits per heavy atom. The van der Waals surface area contributed by atoms with Crippen LogP contribution in [0, 0.1) is 0 Å². The molecule has 0 aromatic heterocycles. The first-order valence-corrected chi connectivity index (χ1v) is 8.24. The molecule has 4 nitrogen and oxygen atoms in total. The number of benzene rings is 2. The molecule has 0 aliphatic heterocycles. The molecule has 2 aromatic carbocycles. The van der Waals surface area contributed by atoms with Gasteiger partial charge in [0.25, 0.3) is 0 Å². The van der Waals surface area contributed by atoms with Gasteiger partial charge in [0, 0.05) is 20.3 Å². The first-order chi connectivity index (χ1) is 8.82. The van der Waals surface area contributed by atoms with Crippen molar-refractivity contribution in [1.82, 2.24) is 0 Å². The van der Waals surface area contributed by atoms with Crippen molar-refractivity contribution in [3.05, 3.63) is 45.3 Å². The van der Waals surface area contributed by atoms with Crippen molar-refractivity contribution in [2.75, 3.05) is 11.5 Å². The van der Waals surface area contributed by atoms with Gasteiger partial charge in [0.2, 0.25) is 9.84 Å². The molecular weight excluding hydrogens is 396 g/mol. The molecule has 0 aliphatic rings. The summed E-state index contributed by atoms with van der Waals surface area (Å²) in [5.74, 6) is 0. The Morgan fingerprint density at radius 2 is 1.32 bits per heavy atom. The maximum atomic E-state index is 12.6. The Balaban J connectivity index is 2.67. The van der Waals surface area contributed by atoms with E-state index in [2.05, 4.69) is 31.9 Å². The molecule has 100 valence electrons. The van der Waals surface area contributed by atoms with E-state index in [-0.39, 0.29) is 9.79 Å². The van der Waals surface area contributed by atoms with E-state index >= 15 is 0 Å². The van der Waals surface area contributed by atoms with Crippen molar-refractivity contribution in [2.45, 2.75) is 9.79 Å². The van der Waals surface area contributed by atoms with E-state index in [1.807, 2.05) is 0 Å². The number of nitrogens with two attached hydrogens (primary N) is 2. The lowest BCUT2D eigenvalue weighted by atomic mass is 10.3. The molecule has 0 aliphatic carbocycles. The number of nitrogen functional groups attached to an aromatic ring is 2. The molecule has 7 heteroatoms. The van der Waals surface area contributed by atoms with E-state index in [0.29, 0.717) is 20.3 Å². The van der Waals surface area contributed by atoms with Gasteiger partial charge in [-0.1, -0.05) is 0 Å².